The molecule has 0 heterocycles. The molecule has 1 aromatic carbocycles. The van der Waals surface area contributed by atoms with Crippen molar-refractivity contribution >= 4 is 0 Å². The zero-order valence-corrected chi connectivity index (χ0v) is 11.1. The predicted molar refractivity (Wildman–Crippen MR) is 68.9 cm³/mol. The molecular formula is C13H21FN2O2. The van der Waals surface area contributed by atoms with Crippen LogP contribution in [-0.4, -0.2) is 26.4 Å². The second-order valence-corrected chi connectivity index (χ2v) is 4.09. The van der Waals surface area contributed by atoms with Crippen LogP contribution in [-0.2, 0) is 11.2 Å². The molecule has 0 aliphatic carbocycles. The number of halogens is 1. The highest BCUT2D eigenvalue weighted by atomic mass is 19.1. The Balaban J connectivity index is 2.88. The molecule has 18 heavy (non-hydrogen) atoms. The molecule has 0 aliphatic rings. The number of methoxy groups -OCH3 is 2. The molecule has 2 unspecified atom stereocenters. The normalized spacial score (nSPS) is 14.3. The van der Waals surface area contributed by atoms with Gasteiger partial charge < -0.3 is 9.47 Å². The molecule has 0 fully saturated rings. The van der Waals surface area contributed by atoms with E-state index in [0.717, 1.165) is 6.42 Å². The zero-order chi connectivity index (χ0) is 13.5. The maximum atomic E-state index is 14.0. The summed E-state index contributed by atoms with van der Waals surface area (Å²) in [6.07, 6.45) is 1.20. The quantitative estimate of drug-likeness (QED) is 0.575. The van der Waals surface area contributed by atoms with E-state index in [1.54, 1.807) is 25.3 Å². The maximum absolute atomic E-state index is 14.0. The topological polar surface area (TPSA) is 56.5 Å². The molecule has 0 aromatic heterocycles. The molecule has 0 aliphatic heterocycles. The van der Waals surface area contributed by atoms with Crippen molar-refractivity contribution in [2.24, 2.45) is 5.84 Å². The first kappa shape index (κ1) is 14.9. The Kier molecular flexibility index (Phi) is 6.04. The summed E-state index contributed by atoms with van der Waals surface area (Å²) in [6.45, 7) is 2.00. The standard InChI is InChI=1S/C13H21FN2O2/c1-4-11(17-2)10(16-15)8-9-6-5-7-12(18-3)13(9)14/h5-7,10-11,16H,4,8,15H2,1-3H3. The molecule has 0 saturated heterocycles. The molecule has 0 saturated carbocycles. The van der Waals surface area contributed by atoms with E-state index in [1.165, 1.54) is 7.11 Å². The fourth-order valence-electron chi connectivity index (χ4n) is 2.02. The van der Waals surface area contributed by atoms with Gasteiger partial charge in [-0.15, -0.1) is 0 Å². The van der Waals surface area contributed by atoms with Gasteiger partial charge in [0.15, 0.2) is 11.6 Å². The van der Waals surface area contributed by atoms with Crippen molar-refractivity contribution in [3.8, 4) is 5.75 Å². The molecule has 4 nitrogen and oxygen atoms in total. The van der Waals surface area contributed by atoms with Crippen molar-refractivity contribution in [3.63, 3.8) is 0 Å². The van der Waals surface area contributed by atoms with Gasteiger partial charge in [-0.05, 0) is 24.5 Å². The molecule has 1 rings (SSSR count). The second-order valence-electron chi connectivity index (χ2n) is 4.09. The lowest BCUT2D eigenvalue weighted by atomic mass is 9.99. The molecule has 102 valence electrons. The van der Waals surface area contributed by atoms with Crippen LogP contribution in [0.15, 0.2) is 18.2 Å². The van der Waals surface area contributed by atoms with Gasteiger partial charge in [0.05, 0.1) is 19.3 Å². The van der Waals surface area contributed by atoms with Gasteiger partial charge in [0.25, 0.3) is 0 Å². The van der Waals surface area contributed by atoms with E-state index < -0.39 is 0 Å². The summed E-state index contributed by atoms with van der Waals surface area (Å²) in [4.78, 5) is 0. The number of benzene rings is 1. The summed E-state index contributed by atoms with van der Waals surface area (Å²) in [6, 6.07) is 4.95. The van der Waals surface area contributed by atoms with Crippen molar-refractivity contribution in [2.45, 2.75) is 31.9 Å². The Labute approximate surface area is 107 Å². The molecule has 0 bridgehead atoms. The molecule has 0 amide bonds. The largest absolute Gasteiger partial charge is 0.494 e. The molecule has 2 atom stereocenters. The lowest BCUT2D eigenvalue weighted by Gasteiger charge is -2.24. The number of ether oxygens (including phenoxy) is 2. The lowest BCUT2D eigenvalue weighted by molar-refractivity contribution is 0.0651. The second kappa shape index (κ2) is 7.31. The summed E-state index contributed by atoms with van der Waals surface area (Å²) >= 11 is 0. The van der Waals surface area contributed by atoms with Gasteiger partial charge in [-0.1, -0.05) is 19.1 Å². The van der Waals surface area contributed by atoms with Gasteiger partial charge in [0, 0.05) is 7.11 Å². The first-order chi connectivity index (χ1) is 8.67. The van der Waals surface area contributed by atoms with E-state index in [2.05, 4.69) is 5.43 Å². The van der Waals surface area contributed by atoms with Crippen LogP contribution in [0.5, 0.6) is 5.75 Å². The molecule has 0 spiro atoms. The third-order valence-corrected chi connectivity index (χ3v) is 3.07. The van der Waals surface area contributed by atoms with Crippen molar-refractivity contribution < 1.29 is 13.9 Å². The van der Waals surface area contributed by atoms with E-state index in [9.17, 15) is 4.39 Å². The highest BCUT2D eigenvalue weighted by molar-refractivity contribution is 5.31. The highest BCUT2D eigenvalue weighted by Gasteiger charge is 2.21. The Morgan fingerprint density at radius 1 is 1.39 bits per heavy atom. The van der Waals surface area contributed by atoms with Crippen molar-refractivity contribution in [2.75, 3.05) is 14.2 Å². The minimum atomic E-state index is -0.341. The zero-order valence-electron chi connectivity index (χ0n) is 11.1. The van der Waals surface area contributed by atoms with Gasteiger partial charge in [-0.2, -0.15) is 0 Å². The molecule has 1 aromatic rings. The van der Waals surface area contributed by atoms with Crippen molar-refractivity contribution in [1.29, 1.82) is 0 Å². The number of hydrogen-bond donors (Lipinski definition) is 2. The average Bonchev–Trinajstić information content (AvgIpc) is 2.40. The molecule has 0 radical (unpaired) electrons. The minimum Gasteiger partial charge on any atom is -0.494 e. The van der Waals surface area contributed by atoms with Gasteiger partial charge in [0.2, 0.25) is 0 Å². The predicted octanol–water partition coefficient (Wildman–Crippen LogP) is 1.63. The first-order valence-electron chi connectivity index (χ1n) is 5.98. The van der Waals surface area contributed by atoms with E-state index in [0.29, 0.717) is 12.0 Å². The molecule has 3 N–H and O–H groups in total. The van der Waals surface area contributed by atoms with Crippen molar-refractivity contribution in [3.05, 3.63) is 29.6 Å². The molecular weight excluding hydrogens is 235 g/mol. The maximum Gasteiger partial charge on any atom is 0.168 e. The number of nitrogens with two attached hydrogens (primary N) is 1. The highest BCUT2D eigenvalue weighted by Crippen LogP contribution is 2.22. The fourth-order valence-corrected chi connectivity index (χ4v) is 2.02. The Morgan fingerprint density at radius 3 is 2.61 bits per heavy atom. The van der Waals surface area contributed by atoms with Crippen LogP contribution in [0.4, 0.5) is 4.39 Å². The van der Waals surface area contributed by atoms with Crippen LogP contribution < -0.4 is 16.0 Å². The van der Waals surface area contributed by atoms with Crippen LogP contribution in [0.25, 0.3) is 0 Å². The Bertz CT molecular complexity index is 370. The average molecular weight is 256 g/mol. The summed E-state index contributed by atoms with van der Waals surface area (Å²) in [7, 11) is 3.07. The number of hydrogen-bond acceptors (Lipinski definition) is 4. The van der Waals surface area contributed by atoms with Crippen LogP contribution in [0.3, 0.4) is 0 Å². The summed E-state index contributed by atoms with van der Waals surface area (Å²) in [5.74, 6) is 5.41. The third-order valence-electron chi connectivity index (χ3n) is 3.07. The van der Waals surface area contributed by atoms with Crippen molar-refractivity contribution in [1.82, 2.24) is 5.43 Å². The van der Waals surface area contributed by atoms with Crippen LogP contribution in [0.2, 0.25) is 0 Å². The van der Waals surface area contributed by atoms with Gasteiger partial charge in [0.1, 0.15) is 0 Å². The SMILES string of the molecule is CCC(OC)C(Cc1cccc(OC)c1F)NN. The van der Waals surface area contributed by atoms with Crippen LogP contribution in [0, 0.1) is 5.82 Å². The van der Waals surface area contributed by atoms with E-state index >= 15 is 0 Å². The van der Waals surface area contributed by atoms with Gasteiger partial charge in [-0.25, -0.2) is 4.39 Å². The summed E-state index contributed by atoms with van der Waals surface area (Å²) in [5, 5.41) is 0. The monoisotopic (exact) mass is 256 g/mol. The fraction of sp³-hybridized carbons (Fsp3) is 0.538. The van der Waals surface area contributed by atoms with Crippen LogP contribution >= 0.6 is 0 Å². The third kappa shape index (κ3) is 3.41. The van der Waals surface area contributed by atoms with E-state index in [-0.39, 0.29) is 23.7 Å². The lowest BCUT2D eigenvalue weighted by Crippen LogP contribution is -2.46. The number of rotatable bonds is 7. The smallest absolute Gasteiger partial charge is 0.168 e. The van der Waals surface area contributed by atoms with Gasteiger partial charge in [-0.3, -0.25) is 11.3 Å². The Morgan fingerprint density at radius 2 is 2.11 bits per heavy atom. The summed E-state index contributed by atoms with van der Waals surface area (Å²) in [5.41, 5.74) is 3.25. The van der Waals surface area contributed by atoms with Crippen LogP contribution in [0.1, 0.15) is 18.9 Å². The molecule has 5 heteroatoms. The summed E-state index contributed by atoms with van der Waals surface area (Å²) < 4.78 is 24.3. The van der Waals surface area contributed by atoms with Gasteiger partial charge >= 0.3 is 0 Å². The Hall–Kier alpha value is -1.17. The number of hydrazine groups is 1. The minimum absolute atomic E-state index is 0.0550. The van der Waals surface area contributed by atoms with E-state index in [1.807, 2.05) is 6.92 Å². The first-order valence-corrected chi connectivity index (χ1v) is 5.98. The van der Waals surface area contributed by atoms with E-state index in [4.69, 9.17) is 15.3 Å². The number of nitrogens with one attached hydrogen (secondary N) is 1.